The minimum atomic E-state index is -1.18. The second kappa shape index (κ2) is 5.89. The summed E-state index contributed by atoms with van der Waals surface area (Å²) in [4.78, 5) is 23.1. The molecule has 0 radical (unpaired) electrons. The molecule has 0 saturated carbocycles. The van der Waals surface area contributed by atoms with E-state index in [4.69, 9.17) is 11.6 Å². The average Bonchev–Trinajstić information content (AvgIpc) is 2.38. The minimum Gasteiger partial charge on any atom is -0.550 e. The number of carbonyl (C=O) groups is 2. The molecule has 2 atom stereocenters. The van der Waals surface area contributed by atoms with Crippen LogP contribution in [0.3, 0.4) is 0 Å². The highest BCUT2D eigenvalue weighted by Gasteiger charge is 2.29. The van der Waals surface area contributed by atoms with Crippen LogP contribution in [0, 0.1) is 11.8 Å². The topological polar surface area (TPSA) is 69.2 Å². The summed E-state index contributed by atoms with van der Waals surface area (Å²) in [7, 11) is 0. The van der Waals surface area contributed by atoms with Crippen LogP contribution < -0.4 is 10.4 Å². The number of aliphatic carboxylic acids is 1. The SMILES string of the molecule is O=C([O-])[C@H]1CC=CC[C@H]1C(=O)Nc1cccc(Cl)c1. The first kappa shape index (κ1) is 13.6. The number of nitrogens with one attached hydrogen (secondary N) is 1. The number of hydrogen-bond acceptors (Lipinski definition) is 3. The fraction of sp³-hybridized carbons (Fsp3) is 0.286. The van der Waals surface area contributed by atoms with Crippen LogP contribution in [0.15, 0.2) is 36.4 Å². The molecule has 1 aliphatic rings. The van der Waals surface area contributed by atoms with E-state index >= 15 is 0 Å². The summed E-state index contributed by atoms with van der Waals surface area (Å²) in [6.45, 7) is 0. The average molecular weight is 279 g/mol. The van der Waals surface area contributed by atoms with Gasteiger partial charge in [0.25, 0.3) is 0 Å². The molecule has 1 amide bonds. The second-order valence-corrected chi connectivity index (χ2v) is 4.91. The van der Waals surface area contributed by atoms with E-state index in [2.05, 4.69) is 5.32 Å². The molecule has 1 aromatic carbocycles. The van der Waals surface area contributed by atoms with Crippen molar-refractivity contribution >= 4 is 29.2 Å². The summed E-state index contributed by atoms with van der Waals surface area (Å²) < 4.78 is 0. The molecule has 2 rings (SSSR count). The summed E-state index contributed by atoms with van der Waals surface area (Å²) >= 11 is 5.83. The van der Waals surface area contributed by atoms with Gasteiger partial charge in [0.1, 0.15) is 0 Å². The standard InChI is InChI=1S/C14H14ClNO3/c15-9-4-3-5-10(8-9)16-13(17)11-6-1-2-7-12(11)14(18)19/h1-5,8,11-12H,6-7H2,(H,16,17)(H,18,19)/p-1/t11-,12+/m1/s1. The van der Waals surface area contributed by atoms with Gasteiger partial charge < -0.3 is 15.2 Å². The highest BCUT2D eigenvalue weighted by Crippen LogP contribution is 2.27. The molecular weight excluding hydrogens is 266 g/mol. The van der Waals surface area contributed by atoms with E-state index < -0.39 is 17.8 Å². The van der Waals surface area contributed by atoms with Gasteiger partial charge in [0, 0.05) is 22.6 Å². The number of benzene rings is 1. The third-order valence-corrected chi connectivity index (χ3v) is 3.40. The number of hydrogen-bond donors (Lipinski definition) is 1. The van der Waals surface area contributed by atoms with E-state index in [1.807, 2.05) is 6.08 Å². The first-order valence-electron chi connectivity index (χ1n) is 6.00. The van der Waals surface area contributed by atoms with Crippen LogP contribution in [0.5, 0.6) is 0 Å². The molecule has 0 unspecified atom stereocenters. The quantitative estimate of drug-likeness (QED) is 0.854. The normalized spacial score (nSPS) is 21.9. The Morgan fingerprint density at radius 1 is 1.21 bits per heavy atom. The van der Waals surface area contributed by atoms with E-state index in [0.29, 0.717) is 23.6 Å². The predicted octanol–water partition coefficient (Wildman–Crippen LogP) is 1.61. The fourth-order valence-electron chi connectivity index (χ4n) is 2.17. The van der Waals surface area contributed by atoms with Gasteiger partial charge in [-0.15, -0.1) is 0 Å². The zero-order valence-electron chi connectivity index (χ0n) is 10.1. The van der Waals surface area contributed by atoms with Gasteiger partial charge in [-0.2, -0.15) is 0 Å². The fourth-order valence-corrected chi connectivity index (χ4v) is 2.36. The lowest BCUT2D eigenvalue weighted by atomic mass is 9.82. The number of allylic oxidation sites excluding steroid dienone is 2. The van der Waals surface area contributed by atoms with Crippen molar-refractivity contribution in [3.63, 3.8) is 0 Å². The number of amides is 1. The summed E-state index contributed by atoms with van der Waals surface area (Å²) in [5.41, 5.74) is 0.559. The zero-order valence-corrected chi connectivity index (χ0v) is 10.9. The van der Waals surface area contributed by atoms with Crippen LogP contribution in [0.4, 0.5) is 5.69 Å². The number of rotatable bonds is 3. The van der Waals surface area contributed by atoms with E-state index in [1.54, 1.807) is 30.3 Å². The number of carbonyl (C=O) groups excluding carboxylic acids is 2. The third-order valence-electron chi connectivity index (χ3n) is 3.16. The van der Waals surface area contributed by atoms with E-state index in [9.17, 15) is 14.7 Å². The maximum absolute atomic E-state index is 12.1. The van der Waals surface area contributed by atoms with Crippen molar-refractivity contribution in [1.29, 1.82) is 0 Å². The number of carboxylic acid groups (broad SMARTS) is 1. The predicted molar refractivity (Wildman–Crippen MR) is 70.4 cm³/mol. The maximum Gasteiger partial charge on any atom is 0.228 e. The maximum atomic E-state index is 12.1. The first-order chi connectivity index (χ1) is 9.08. The van der Waals surface area contributed by atoms with Gasteiger partial charge in [-0.25, -0.2) is 0 Å². The first-order valence-corrected chi connectivity index (χ1v) is 6.38. The Hall–Kier alpha value is -1.81. The molecule has 1 N–H and O–H groups in total. The van der Waals surface area contributed by atoms with Crippen molar-refractivity contribution in [3.05, 3.63) is 41.4 Å². The van der Waals surface area contributed by atoms with Crippen molar-refractivity contribution in [3.8, 4) is 0 Å². The highest BCUT2D eigenvalue weighted by molar-refractivity contribution is 6.30. The lowest BCUT2D eigenvalue weighted by molar-refractivity contribution is -0.313. The minimum absolute atomic E-state index is 0.319. The van der Waals surface area contributed by atoms with Crippen molar-refractivity contribution in [2.75, 3.05) is 5.32 Å². The number of halogens is 1. The van der Waals surface area contributed by atoms with Crippen LogP contribution in [0.2, 0.25) is 5.02 Å². The smallest absolute Gasteiger partial charge is 0.228 e. The van der Waals surface area contributed by atoms with Crippen LogP contribution in [0.25, 0.3) is 0 Å². The Balaban J connectivity index is 2.10. The van der Waals surface area contributed by atoms with Gasteiger partial charge in [-0.05, 0) is 31.0 Å². The Labute approximate surface area is 116 Å². The van der Waals surface area contributed by atoms with Gasteiger partial charge in [-0.3, -0.25) is 4.79 Å². The lowest BCUT2D eigenvalue weighted by Crippen LogP contribution is -2.41. The molecule has 5 heteroatoms. The van der Waals surface area contributed by atoms with Crippen molar-refractivity contribution in [1.82, 2.24) is 0 Å². The second-order valence-electron chi connectivity index (χ2n) is 4.47. The molecule has 1 aromatic rings. The van der Waals surface area contributed by atoms with Gasteiger partial charge in [-0.1, -0.05) is 29.8 Å². The van der Waals surface area contributed by atoms with Gasteiger partial charge in [0.05, 0.1) is 5.92 Å². The summed E-state index contributed by atoms with van der Waals surface area (Å²) in [6, 6.07) is 6.74. The molecule has 1 aliphatic carbocycles. The largest absolute Gasteiger partial charge is 0.550 e. The number of anilines is 1. The molecule has 0 fully saturated rings. The van der Waals surface area contributed by atoms with Gasteiger partial charge in [0.15, 0.2) is 0 Å². The van der Waals surface area contributed by atoms with Crippen LogP contribution in [-0.2, 0) is 9.59 Å². The molecular formula is C14H13ClNO3-. The third kappa shape index (κ3) is 3.35. The molecule has 0 heterocycles. The molecule has 100 valence electrons. The molecule has 0 bridgehead atoms. The van der Waals surface area contributed by atoms with Crippen molar-refractivity contribution in [2.45, 2.75) is 12.8 Å². The van der Waals surface area contributed by atoms with Crippen molar-refractivity contribution < 1.29 is 14.7 Å². The van der Waals surface area contributed by atoms with E-state index in [1.165, 1.54) is 0 Å². The summed E-state index contributed by atoms with van der Waals surface area (Å²) in [6.07, 6.45) is 4.33. The summed E-state index contributed by atoms with van der Waals surface area (Å²) in [5.74, 6) is -2.88. The molecule has 0 saturated heterocycles. The zero-order chi connectivity index (χ0) is 13.8. The Bertz CT molecular complexity index is 527. The number of carboxylic acids is 1. The molecule has 0 spiro atoms. The van der Waals surface area contributed by atoms with E-state index in [-0.39, 0.29) is 5.91 Å². The Morgan fingerprint density at radius 2 is 1.89 bits per heavy atom. The van der Waals surface area contributed by atoms with Crippen LogP contribution >= 0.6 is 11.6 Å². The molecule has 0 aliphatic heterocycles. The monoisotopic (exact) mass is 278 g/mol. The Morgan fingerprint density at radius 3 is 2.53 bits per heavy atom. The highest BCUT2D eigenvalue weighted by atomic mass is 35.5. The Kier molecular flexibility index (Phi) is 4.22. The summed E-state index contributed by atoms with van der Waals surface area (Å²) in [5, 5.41) is 14.2. The van der Waals surface area contributed by atoms with Gasteiger partial charge >= 0.3 is 0 Å². The van der Waals surface area contributed by atoms with E-state index in [0.717, 1.165) is 0 Å². The van der Waals surface area contributed by atoms with Crippen LogP contribution in [-0.4, -0.2) is 11.9 Å². The van der Waals surface area contributed by atoms with Gasteiger partial charge in [0.2, 0.25) is 5.91 Å². The molecule has 4 nitrogen and oxygen atoms in total. The van der Waals surface area contributed by atoms with Crippen LogP contribution in [0.1, 0.15) is 12.8 Å². The molecule has 19 heavy (non-hydrogen) atoms. The van der Waals surface area contributed by atoms with Crippen molar-refractivity contribution in [2.24, 2.45) is 11.8 Å². The molecule has 0 aromatic heterocycles. The lowest BCUT2D eigenvalue weighted by Gasteiger charge is -2.28.